The van der Waals surface area contributed by atoms with Gasteiger partial charge < -0.3 is 5.32 Å². The summed E-state index contributed by atoms with van der Waals surface area (Å²) in [7, 11) is 0. The van der Waals surface area contributed by atoms with E-state index in [4.69, 9.17) is 0 Å². The van der Waals surface area contributed by atoms with Crippen LogP contribution in [0.2, 0.25) is 0 Å². The Morgan fingerprint density at radius 1 is 1.00 bits per heavy atom. The van der Waals surface area contributed by atoms with Crippen LogP contribution in [0.1, 0.15) is 17.5 Å². The molecule has 1 aliphatic carbocycles. The first-order valence-electron chi connectivity index (χ1n) is 6.71. The third-order valence-electron chi connectivity index (χ3n) is 3.77. The molecule has 0 bridgehead atoms. The molecule has 0 heterocycles. The number of hydrogen-bond acceptors (Lipinski definition) is 1. The molecular weight excluding hydrogens is 404 g/mol. The summed E-state index contributed by atoms with van der Waals surface area (Å²) in [5.74, 6) is -0.899. The first kappa shape index (κ1) is 15.0. The zero-order valence-corrected chi connectivity index (χ0v) is 14.3. The lowest BCUT2D eigenvalue weighted by atomic mass is 9.88. The highest BCUT2D eigenvalue weighted by Gasteiger charge is 2.20. The Labute approximate surface area is 139 Å². The first-order chi connectivity index (χ1) is 10.0. The lowest BCUT2D eigenvalue weighted by Gasteiger charge is -2.26. The summed E-state index contributed by atoms with van der Waals surface area (Å²) in [5.41, 5.74) is 2.81. The van der Waals surface area contributed by atoms with E-state index in [1.54, 1.807) is 0 Å². The van der Waals surface area contributed by atoms with Crippen molar-refractivity contribution < 1.29 is 8.78 Å². The van der Waals surface area contributed by atoms with Crippen molar-refractivity contribution in [2.75, 3.05) is 5.32 Å². The van der Waals surface area contributed by atoms with Crippen molar-refractivity contribution in [2.45, 2.75) is 25.3 Å². The van der Waals surface area contributed by atoms with E-state index in [1.165, 1.54) is 17.2 Å². The summed E-state index contributed by atoms with van der Waals surface area (Å²) in [6.45, 7) is 0. The topological polar surface area (TPSA) is 12.0 Å². The molecule has 1 N–H and O–H groups in total. The van der Waals surface area contributed by atoms with E-state index in [1.807, 2.05) is 6.07 Å². The van der Waals surface area contributed by atoms with Crippen LogP contribution in [0.3, 0.4) is 0 Å². The average Bonchev–Trinajstić information content (AvgIpc) is 2.45. The third-order valence-corrected chi connectivity index (χ3v) is 4.87. The van der Waals surface area contributed by atoms with Gasteiger partial charge in [-0.2, -0.15) is 0 Å². The summed E-state index contributed by atoms with van der Waals surface area (Å²) >= 11 is 6.46. The average molecular weight is 417 g/mol. The molecule has 110 valence electrons. The molecule has 0 saturated heterocycles. The molecule has 21 heavy (non-hydrogen) atoms. The second-order valence-corrected chi connectivity index (χ2v) is 7.01. The standard InChI is InChI=1S/C16H13Br2F2N/c17-11-3-1-10-6-12(4-2-9(10)5-11)21-16-8-14(19)13(18)7-15(16)20/h1,3,5,7-8,12,21H,2,4,6H2. The van der Waals surface area contributed by atoms with Crippen LogP contribution < -0.4 is 5.32 Å². The maximum absolute atomic E-state index is 13.9. The summed E-state index contributed by atoms with van der Waals surface area (Å²) in [5, 5.41) is 3.13. The Morgan fingerprint density at radius 3 is 2.62 bits per heavy atom. The summed E-state index contributed by atoms with van der Waals surface area (Å²) < 4.78 is 28.6. The lowest BCUT2D eigenvalue weighted by Crippen LogP contribution is -2.27. The van der Waals surface area contributed by atoms with Gasteiger partial charge in [-0.15, -0.1) is 0 Å². The summed E-state index contributed by atoms with van der Waals surface area (Å²) in [6, 6.07) is 8.72. The third kappa shape index (κ3) is 3.29. The molecule has 1 unspecified atom stereocenters. The van der Waals surface area contributed by atoms with Crippen molar-refractivity contribution in [3.05, 3.63) is 62.0 Å². The molecule has 2 aromatic carbocycles. The summed E-state index contributed by atoms with van der Waals surface area (Å²) in [6.07, 6.45) is 2.66. The fourth-order valence-corrected chi connectivity index (χ4v) is 3.42. The molecule has 0 spiro atoms. The van der Waals surface area contributed by atoms with Crippen LogP contribution in [0.15, 0.2) is 39.3 Å². The molecular formula is C16H13Br2F2N. The first-order valence-corrected chi connectivity index (χ1v) is 8.30. The van der Waals surface area contributed by atoms with E-state index in [2.05, 4.69) is 49.3 Å². The van der Waals surface area contributed by atoms with Crippen LogP contribution in [0.4, 0.5) is 14.5 Å². The molecule has 0 aromatic heterocycles. The largest absolute Gasteiger partial charge is 0.380 e. The SMILES string of the molecule is Fc1cc(NC2CCc3cc(Br)ccc3C2)c(F)cc1Br. The van der Waals surface area contributed by atoms with Gasteiger partial charge in [-0.25, -0.2) is 8.78 Å². The van der Waals surface area contributed by atoms with Crippen LogP contribution >= 0.6 is 31.9 Å². The van der Waals surface area contributed by atoms with Crippen molar-refractivity contribution in [1.82, 2.24) is 0 Å². The molecule has 3 rings (SSSR count). The molecule has 2 aromatic rings. The second-order valence-electron chi connectivity index (χ2n) is 5.24. The Morgan fingerprint density at radius 2 is 1.81 bits per heavy atom. The molecule has 1 nitrogen and oxygen atoms in total. The van der Waals surface area contributed by atoms with Gasteiger partial charge in [0.1, 0.15) is 11.6 Å². The molecule has 0 amide bonds. The predicted molar refractivity (Wildman–Crippen MR) is 87.6 cm³/mol. The number of benzene rings is 2. The van der Waals surface area contributed by atoms with Gasteiger partial charge in [-0.05, 0) is 64.5 Å². The fraction of sp³-hybridized carbons (Fsp3) is 0.250. The highest BCUT2D eigenvalue weighted by atomic mass is 79.9. The smallest absolute Gasteiger partial charge is 0.147 e. The van der Waals surface area contributed by atoms with E-state index in [-0.39, 0.29) is 16.2 Å². The zero-order chi connectivity index (χ0) is 15.0. The van der Waals surface area contributed by atoms with Crippen molar-refractivity contribution in [3.63, 3.8) is 0 Å². The molecule has 5 heteroatoms. The van der Waals surface area contributed by atoms with Gasteiger partial charge in [0.2, 0.25) is 0 Å². The maximum Gasteiger partial charge on any atom is 0.147 e. The summed E-state index contributed by atoms with van der Waals surface area (Å²) in [4.78, 5) is 0. The number of hydrogen-bond donors (Lipinski definition) is 1. The van der Waals surface area contributed by atoms with Crippen LogP contribution in [0, 0.1) is 11.6 Å². The van der Waals surface area contributed by atoms with Gasteiger partial charge >= 0.3 is 0 Å². The van der Waals surface area contributed by atoms with Crippen LogP contribution in [0.5, 0.6) is 0 Å². The van der Waals surface area contributed by atoms with Crippen molar-refractivity contribution in [3.8, 4) is 0 Å². The normalized spacial score (nSPS) is 17.4. The lowest BCUT2D eigenvalue weighted by molar-refractivity contribution is 0.578. The quantitative estimate of drug-likeness (QED) is 0.641. The Bertz CT molecular complexity index is 688. The maximum atomic E-state index is 13.9. The van der Waals surface area contributed by atoms with E-state index < -0.39 is 11.6 Å². The highest BCUT2D eigenvalue weighted by molar-refractivity contribution is 9.10. The Kier molecular flexibility index (Phi) is 4.31. The predicted octanol–water partition coefficient (Wildman–Crippen LogP) is 5.46. The number of nitrogens with one attached hydrogen (secondary N) is 1. The van der Waals surface area contributed by atoms with E-state index >= 15 is 0 Å². The monoisotopic (exact) mass is 415 g/mol. The number of halogens is 4. The van der Waals surface area contributed by atoms with Gasteiger partial charge in [0.05, 0.1) is 10.2 Å². The van der Waals surface area contributed by atoms with Gasteiger partial charge in [-0.1, -0.05) is 22.0 Å². The van der Waals surface area contributed by atoms with Gasteiger partial charge in [0.15, 0.2) is 0 Å². The minimum atomic E-state index is -0.459. The molecule has 1 atom stereocenters. The van der Waals surface area contributed by atoms with E-state index in [0.29, 0.717) is 0 Å². The van der Waals surface area contributed by atoms with Gasteiger partial charge in [-0.3, -0.25) is 0 Å². The molecule has 0 aliphatic heterocycles. The number of aryl methyl sites for hydroxylation is 1. The number of fused-ring (bicyclic) bond motifs is 1. The van der Waals surface area contributed by atoms with Crippen LogP contribution in [0.25, 0.3) is 0 Å². The second kappa shape index (κ2) is 6.05. The Hall–Kier alpha value is -0.940. The molecule has 0 saturated carbocycles. The fourth-order valence-electron chi connectivity index (χ4n) is 2.70. The zero-order valence-electron chi connectivity index (χ0n) is 11.1. The van der Waals surface area contributed by atoms with Crippen LogP contribution in [-0.4, -0.2) is 6.04 Å². The van der Waals surface area contributed by atoms with Crippen LogP contribution in [-0.2, 0) is 12.8 Å². The molecule has 0 radical (unpaired) electrons. The molecule has 0 fully saturated rings. The van der Waals surface area contributed by atoms with Gasteiger partial charge in [0.25, 0.3) is 0 Å². The van der Waals surface area contributed by atoms with Crippen molar-refractivity contribution in [2.24, 2.45) is 0 Å². The van der Waals surface area contributed by atoms with E-state index in [9.17, 15) is 8.78 Å². The number of anilines is 1. The Balaban J connectivity index is 1.78. The number of rotatable bonds is 2. The minimum Gasteiger partial charge on any atom is -0.380 e. The van der Waals surface area contributed by atoms with Gasteiger partial charge in [0, 0.05) is 16.6 Å². The minimum absolute atomic E-state index is 0.119. The van der Waals surface area contributed by atoms with Crippen molar-refractivity contribution in [1.29, 1.82) is 0 Å². The van der Waals surface area contributed by atoms with E-state index in [0.717, 1.165) is 29.8 Å². The highest BCUT2D eigenvalue weighted by Crippen LogP contribution is 2.29. The van der Waals surface area contributed by atoms with Crippen molar-refractivity contribution >= 4 is 37.5 Å². The molecule has 1 aliphatic rings.